The Balaban J connectivity index is 0.0000168. The maximum Gasteiger partial charge on any atom is 0.364 e. The summed E-state index contributed by atoms with van der Waals surface area (Å²) in [5, 5.41) is 0. The van der Waals surface area contributed by atoms with Crippen LogP contribution >= 0.6 is 0 Å². The first-order valence-electron chi connectivity index (χ1n) is 14.3. The number of ether oxygens (including phenoxy) is 6. The van der Waals surface area contributed by atoms with Crippen LogP contribution in [0.4, 0.5) is 0 Å². The molecule has 0 radical (unpaired) electrons. The topological polar surface area (TPSA) is 141 Å². The number of carbonyl (C=O) groups is 5. The summed E-state index contributed by atoms with van der Waals surface area (Å²) < 4.78 is 34.1. The Morgan fingerprint density at radius 3 is 1.62 bits per heavy atom. The van der Waals surface area contributed by atoms with E-state index >= 15 is 0 Å². The van der Waals surface area contributed by atoms with E-state index in [9.17, 15) is 24.0 Å². The lowest BCUT2D eigenvalue weighted by molar-refractivity contribution is -0.875. The van der Waals surface area contributed by atoms with Crippen molar-refractivity contribution in [1.29, 1.82) is 0 Å². The predicted octanol–water partition coefficient (Wildman–Crippen LogP) is -0.553. The van der Waals surface area contributed by atoms with Gasteiger partial charge in [0.2, 0.25) is 12.4 Å². The molecular weight excluding hydrogens is 574 g/mol. The first-order valence-corrected chi connectivity index (χ1v) is 14.3. The zero-order valence-corrected chi connectivity index (χ0v) is 26.3. The van der Waals surface area contributed by atoms with Gasteiger partial charge in [-0.15, -0.1) is 6.42 Å². The van der Waals surface area contributed by atoms with Crippen LogP contribution in [0.15, 0.2) is 0 Å². The van der Waals surface area contributed by atoms with Crippen molar-refractivity contribution >= 4 is 29.8 Å². The van der Waals surface area contributed by atoms with Crippen LogP contribution in [0, 0.1) is 12.3 Å². The van der Waals surface area contributed by atoms with Crippen LogP contribution in [-0.4, -0.2) is 98.8 Å². The number of rotatable bonds is 17. The molecule has 1 rings (SSSR count). The van der Waals surface area contributed by atoms with Crippen molar-refractivity contribution in [3.8, 4) is 12.3 Å². The van der Waals surface area contributed by atoms with E-state index in [-0.39, 0.29) is 55.7 Å². The van der Waals surface area contributed by atoms with E-state index in [1.165, 1.54) is 0 Å². The van der Waals surface area contributed by atoms with Crippen LogP contribution in [0.2, 0.25) is 0 Å². The lowest BCUT2D eigenvalue weighted by Gasteiger charge is -2.44. The third-order valence-electron chi connectivity index (χ3n) is 5.94. The monoisotopic (exact) mass is 619 g/mol. The van der Waals surface area contributed by atoms with E-state index in [0.717, 1.165) is 0 Å². The van der Waals surface area contributed by atoms with E-state index in [1.54, 1.807) is 34.9 Å². The highest BCUT2D eigenvalue weighted by molar-refractivity contribution is 5.73. The van der Waals surface area contributed by atoms with Crippen molar-refractivity contribution in [1.82, 2.24) is 0 Å². The van der Waals surface area contributed by atoms with E-state index < -0.39 is 67.2 Å². The minimum absolute atomic E-state index is 0. The smallest absolute Gasteiger partial charge is 0.364 e. The molecule has 12 nitrogen and oxygen atoms in total. The average molecular weight is 620 g/mol. The third-order valence-corrected chi connectivity index (χ3v) is 5.94. The van der Waals surface area contributed by atoms with Crippen molar-refractivity contribution in [3.63, 3.8) is 0 Å². The largest absolute Gasteiger partial charge is 1.00 e. The fraction of sp³-hybridized carbons (Fsp3) is 0.759. The van der Waals surface area contributed by atoms with Crippen molar-refractivity contribution in [2.75, 3.05) is 33.8 Å². The summed E-state index contributed by atoms with van der Waals surface area (Å²) in [6.45, 7) is 6.83. The second-order valence-electron chi connectivity index (χ2n) is 10.5. The number of hydrogen-bond acceptors (Lipinski definition) is 11. The molecule has 1 saturated heterocycles. The fourth-order valence-corrected chi connectivity index (χ4v) is 4.02. The molecular formula is C29H46ClNO11. The Kier molecular flexibility index (Phi) is 18.7. The molecule has 1 aliphatic rings. The Morgan fingerprint density at radius 1 is 0.690 bits per heavy atom. The average Bonchev–Trinajstić information content (AvgIpc) is 2.86. The molecule has 1 fully saturated rings. The van der Waals surface area contributed by atoms with Crippen molar-refractivity contribution in [2.24, 2.45) is 0 Å². The molecule has 0 unspecified atom stereocenters. The van der Waals surface area contributed by atoms with Gasteiger partial charge in [0.15, 0.2) is 18.8 Å². The molecule has 0 aromatic heterocycles. The predicted molar refractivity (Wildman–Crippen MR) is 146 cm³/mol. The van der Waals surface area contributed by atoms with Gasteiger partial charge in [-0.1, -0.05) is 27.7 Å². The molecule has 5 atom stereocenters. The van der Waals surface area contributed by atoms with Crippen LogP contribution in [0.3, 0.4) is 0 Å². The lowest BCUT2D eigenvalue weighted by atomic mass is 9.97. The molecule has 1 aliphatic heterocycles. The minimum Gasteiger partial charge on any atom is -1.00 e. The fourth-order valence-electron chi connectivity index (χ4n) is 4.02. The SMILES string of the molecule is C#CC[N+](C)(C)CC(=O)O[C@H]1O[C@H](COC(=O)CCC)[C@@H](OC(=O)CCC)[C@H](OC(=O)CCC)[C@H]1OC(=O)CCC.[Cl-]. The van der Waals surface area contributed by atoms with Crippen LogP contribution < -0.4 is 12.4 Å². The quantitative estimate of drug-likeness (QED) is 0.0896. The Labute approximate surface area is 255 Å². The molecule has 0 bridgehead atoms. The van der Waals surface area contributed by atoms with Crippen LogP contribution in [0.5, 0.6) is 0 Å². The Bertz CT molecular complexity index is 933. The number of likely N-dealkylation sites (N-methyl/N-ethyl adjacent to an activating group) is 1. The molecule has 0 spiro atoms. The highest BCUT2D eigenvalue weighted by Gasteiger charge is 2.54. The van der Waals surface area contributed by atoms with Gasteiger partial charge in [-0.05, 0) is 31.6 Å². The molecule has 240 valence electrons. The molecule has 13 heteroatoms. The van der Waals surface area contributed by atoms with Gasteiger partial charge in [-0.25, -0.2) is 4.79 Å². The summed E-state index contributed by atoms with van der Waals surface area (Å²) in [6.07, 6.45) is 0.611. The van der Waals surface area contributed by atoms with Gasteiger partial charge in [-0.2, -0.15) is 0 Å². The van der Waals surface area contributed by atoms with Gasteiger partial charge >= 0.3 is 29.8 Å². The zero-order chi connectivity index (χ0) is 31.0. The number of quaternary nitrogens is 1. The first kappa shape index (κ1) is 39.1. The van der Waals surface area contributed by atoms with Gasteiger partial charge < -0.3 is 45.3 Å². The number of terminal acetylenes is 1. The standard InChI is InChI=1S/C29H46NO11.ClH/c1-8-13-21(31)36-19-20-26(38-22(32)14-9-2)27(39-23(33)15-10-3)28(40-24(34)16-11-4)29(37-20)41-25(35)18-30(6,7)17-12-5;/h5,20,26-29H,8-11,13-19H2,1-4,6-7H3;1H/q+1;/p-1/t20-,26-,27+,28-,29-;/m1./s1. The van der Waals surface area contributed by atoms with Gasteiger partial charge in [0.05, 0.1) is 14.1 Å². The number of carbonyl (C=O) groups excluding carboxylic acids is 5. The molecule has 0 N–H and O–H groups in total. The van der Waals surface area contributed by atoms with Gasteiger partial charge in [0.1, 0.15) is 19.3 Å². The highest BCUT2D eigenvalue weighted by Crippen LogP contribution is 2.31. The summed E-state index contributed by atoms with van der Waals surface area (Å²) >= 11 is 0. The Morgan fingerprint density at radius 2 is 1.14 bits per heavy atom. The number of nitrogens with zero attached hydrogens (tertiary/aromatic N) is 1. The number of hydrogen-bond donors (Lipinski definition) is 0. The summed E-state index contributed by atoms with van der Waals surface area (Å²) in [5.74, 6) is -0.680. The molecule has 42 heavy (non-hydrogen) atoms. The molecule has 0 aromatic carbocycles. The summed E-state index contributed by atoms with van der Waals surface area (Å²) in [7, 11) is 3.46. The van der Waals surface area contributed by atoms with E-state index in [0.29, 0.717) is 25.7 Å². The van der Waals surface area contributed by atoms with Crippen molar-refractivity contribution in [3.05, 3.63) is 0 Å². The normalized spacial score (nSPS) is 21.6. The van der Waals surface area contributed by atoms with Gasteiger partial charge in [0, 0.05) is 25.7 Å². The van der Waals surface area contributed by atoms with Gasteiger partial charge in [0.25, 0.3) is 0 Å². The summed E-state index contributed by atoms with van der Waals surface area (Å²) in [4.78, 5) is 63.2. The van der Waals surface area contributed by atoms with E-state index in [1.807, 2.05) is 6.92 Å². The first-order chi connectivity index (χ1) is 19.4. The minimum atomic E-state index is -1.57. The van der Waals surface area contributed by atoms with E-state index in [4.69, 9.17) is 34.8 Å². The third kappa shape index (κ3) is 13.9. The van der Waals surface area contributed by atoms with Crippen molar-refractivity contribution < 1.29 is 69.3 Å². The molecule has 0 aromatic rings. The summed E-state index contributed by atoms with van der Waals surface area (Å²) in [6, 6.07) is 0. The second-order valence-corrected chi connectivity index (χ2v) is 10.5. The summed E-state index contributed by atoms with van der Waals surface area (Å²) in [5.41, 5.74) is 0. The maximum atomic E-state index is 13.0. The van der Waals surface area contributed by atoms with Crippen LogP contribution in [-0.2, 0) is 52.4 Å². The Hall–Kier alpha value is -2.88. The maximum absolute atomic E-state index is 13.0. The van der Waals surface area contributed by atoms with Crippen LogP contribution in [0.25, 0.3) is 0 Å². The van der Waals surface area contributed by atoms with E-state index in [2.05, 4.69) is 5.92 Å². The number of esters is 5. The van der Waals surface area contributed by atoms with Gasteiger partial charge in [-0.3, -0.25) is 19.2 Å². The molecule has 0 aliphatic carbocycles. The molecule has 0 amide bonds. The van der Waals surface area contributed by atoms with Crippen LogP contribution in [0.1, 0.15) is 79.1 Å². The second kappa shape index (κ2) is 20.1. The molecule has 0 saturated carbocycles. The molecule has 1 heterocycles. The lowest BCUT2D eigenvalue weighted by Crippen LogP contribution is -3.00. The highest BCUT2D eigenvalue weighted by atomic mass is 35.5. The zero-order valence-electron chi connectivity index (χ0n) is 25.6. The van der Waals surface area contributed by atoms with Crippen molar-refractivity contribution in [2.45, 2.75) is 110 Å². The number of halogens is 1.